The van der Waals surface area contributed by atoms with E-state index in [0.717, 1.165) is 16.3 Å². The van der Waals surface area contributed by atoms with E-state index in [0.29, 0.717) is 12.4 Å². The number of hydrogen-bond acceptors (Lipinski definition) is 2. The van der Waals surface area contributed by atoms with Gasteiger partial charge < -0.3 is 9.84 Å². The van der Waals surface area contributed by atoms with Crippen molar-refractivity contribution >= 4 is 10.8 Å². The monoisotopic (exact) mass is 202 g/mol. The molecule has 0 amide bonds. The molecule has 2 heteroatoms. The van der Waals surface area contributed by atoms with Gasteiger partial charge in [0.15, 0.2) is 0 Å². The third kappa shape index (κ3) is 1.95. The molecule has 0 aromatic heterocycles. The van der Waals surface area contributed by atoms with Gasteiger partial charge in [-0.3, -0.25) is 0 Å². The lowest BCUT2D eigenvalue weighted by atomic mass is 10.0. The molecule has 0 spiro atoms. The minimum atomic E-state index is 0.292. The summed E-state index contributed by atoms with van der Waals surface area (Å²) in [6.07, 6.45) is 0. The summed E-state index contributed by atoms with van der Waals surface area (Å²) in [5.41, 5.74) is 2.21. The highest BCUT2D eigenvalue weighted by Gasteiger charge is 2.03. The number of ether oxygens (including phenoxy) is 1. The predicted molar refractivity (Wildman–Crippen MR) is 61.1 cm³/mol. The van der Waals surface area contributed by atoms with Crippen LogP contribution < -0.4 is 0 Å². The Morgan fingerprint density at radius 1 is 1.20 bits per heavy atom. The number of hydrogen-bond donors (Lipinski definition) is 1. The van der Waals surface area contributed by atoms with E-state index in [-0.39, 0.29) is 0 Å². The summed E-state index contributed by atoms with van der Waals surface area (Å²) in [5.74, 6) is 0.292. The zero-order chi connectivity index (χ0) is 10.8. The first-order chi connectivity index (χ1) is 7.20. The Kier molecular flexibility index (Phi) is 2.60. The Balaban J connectivity index is 2.68. The van der Waals surface area contributed by atoms with Gasteiger partial charge in [-0.15, -0.1) is 0 Å². The number of fused-ring (bicyclic) bond motifs is 1. The number of aryl methyl sites for hydroxylation is 1. The summed E-state index contributed by atoms with van der Waals surface area (Å²) in [7, 11) is 1.66. The molecular weight excluding hydrogens is 188 g/mol. The summed E-state index contributed by atoms with van der Waals surface area (Å²) in [6.45, 7) is 2.56. The van der Waals surface area contributed by atoms with E-state index in [1.165, 1.54) is 5.56 Å². The van der Waals surface area contributed by atoms with Gasteiger partial charge in [-0.1, -0.05) is 23.8 Å². The molecule has 0 heterocycles. The molecule has 2 aromatic rings. The minimum Gasteiger partial charge on any atom is -0.508 e. The normalized spacial score (nSPS) is 10.8. The highest BCUT2D eigenvalue weighted by Crippen LogP contribution is 2.26. The largest absolute Gasteiger partial charge is 0.508 e. The van der Waals surface area contributed by atoms with E-state index < -0.39 is 0 Å². The maximum absolute atomic E-state index is 9.57. The number of methoxy groups -OCH3 is 1. The van der Waals surface area contributed by atoms with E-state index in [4.69, 9.17) is 4.74 Å². The molecule has 0 unspecified atom stereocenters. The van der Waals surface area contributed by atoms with Crippen molar-refractivity contribution < 1.29 is 9.84 Å². The molecule has 0 saturated heterocycles. The summed E-state index contributed by atoms with van der Waals surface area (Å²) in [5, 5.41) is 11.8. The van der Waals surface area contributed by atoms with Crippen LogP contribution >= 0.6 is 0 Å². The molecule has 0 aliphatic heterocycles. The fourth-order valence-corrected chi connectivity index (χ4v) is 1.83. The lowest BCUT2D eigenvalue weighted by molar-refractivity contribution is 0.185. The molecule has 15 heavy (non-hydrogen) atoms. The first-order valence-corrected chi connectivity index (χ1v) is 4.92. The number of benzene rings is 2. The predicted octanol–water partition coefficient (Wildman–Crippen LogP) is 3.00. The second kappa shape index (κ2) is 3.91. The van der Waals surface area contributed by atoms with E-state index >= 15 is 0 Å². The molecular formula is C13H14O2. The summed E-state index contributed by atoms with van der Waals surface area (Å²) < 4.78 is 5.11. The maximum atomic E-state index is 9.57. The minimum absolute atomic E-state index is 0.292. The van der Waals surface area contributed by atoms with Gasteiger partial charge in [0.25, 0.3) is 0 Å². The summed E-state index contributed by atoms with van der Waals surface area (Å²) >= 11 is 0. The SMILES string of the molecule is COCc1cc(O)cc2cc(C)ccc12. The van der Waals surface area contributed by atoms with Crippen molar-refractivity contribution in [1.29, 1.82) is 0 Å². The van der Waals surface area contributed by atoms with Crippen molar-refractivity contribution in [2.75, 3.05) is 7.11 Å². The van der Waals surface area contributed by atoms with E-state index in [2.05, 4.69) is 18.2 Å². The Morgan fingerprint density at radius 3 is 2.73 bits per heavy atom. The second-order valence-corrected chi connectivity index (χ2v) is 3.76. The van der Waals surface area contributed by atoms with Crippen molar-refractivity contribution in [2.45, 2.75) is 13.5 Å². The fraction of sp³-hybridized carbons (Fsp3) is 0.231. The van der Waals surface area contributed by atoms with Crippen molar-refractivity contribution in [3.63, 3.8) is 0 Å². The van der Waals surface area contributed by atoms with Crippen molar-refractivity contribution in [1.82, 2.24) is 0 Å². The van der Waals surface area contributed by atoms with Crippen LogP contribution in [-0.2, 0) is 11.3 Å². The van der Waals surface area contributed by atoms with E-state index in [1.807, 2.05) is 6.92 Å². The van der Waals surface area contributed by atoms with Crippen LogP contribution in [0.15, 0.2) is 30.3 Å². The molecule has 0 aliphatic rings. The summed E-state index contributed by atoms with van der Waals surface area (Å²) in [6, 6.07) is 9.73. The lowest BCUT2D eigenvalue weighted by Crippen LogP contribution is -1.89. The molecule has 0 radical (unpaired) electrons. The van der Waals surface area contributed by atoms with E-state index in [1.54, 1.807) is 19.2 Å². The van der Waals surface area contributed by atoms with Crippen LogP contribution in [0.1, 0.15) is 11.1 Å². The average molecular weight is 202 g/mol. The molecule has 2 rings (SSSR count). The topological polar surface area (TPSA) is 29.5 Å². The van der Waals surface area contributed by atoms with Crippen LogP contribution in [0.4, 0.5) is 0 Å². The van der Waals surface area contributed by atoms with Gasteiger partial charge in [-0.05, 0) is 35.4 Å². The number of rotatable bonds is 2. The molecule has 0 aliphatic carbocycles. The third-order valence-corrected chi connectivity index (χ3v) is 2.48. The Labute approximate surface area is 89.1 Å². The standard InChI is InChI=1S/C13H14O2/c1-9-3-4-13-10(5-9)6-12(14)7-11(13)8-15-2/h3-7,14H,8H2,1-2H3. The highest BCUT2D eigenvalue weighted by atomic mass is 16.5. The Hall–Kier alpha value is -1.54. The second-order valence-electron chi connectivity index (χ2n) is 3.76. The van der Waals surface area contributed by atoms with Gasteiger partial charge in [0, 0.05) is 7.11 Å². The molecule has 0 bridgehead atoms. The Morgan fingerprint density at radius 2 is 2.00 bits per heavy atom. The van der Waals surface area contributed by atoms with Gasteiger partial charge in [0.2, 0.25) is 0 Å². The molecule has 78 valence electrons. The molecule has 2 nitrogen and oxygen atoms in total. The lowest BCUT2D eigenvalue weighted by Gasteiger charge is -2.07. The summed E-state index contributed by atoms with van der Waals surface area (Å²) in [4.78, 5) is 0. The van der Waals surface area contributed by atoms with Crippen LogP contribution in [0.3, 0.4) is 0 Å². The average Bonchev–Trinajstić information content (AvgIpc) is 2.17. The van der Waals surface area contributed by atoms with Crippen molar-refractivity contribution in [3.05, 3.63) is 41.5 Å². The van der Waals surface area contributed by atoms with Gasteiger partial charge in [-0.25, -0.2) is 0 Å². The van der Waals surface area contributed by atoms with E-state index in [9.17, 15) is 5.11 Å². The van der Waals surface area contributed by atoms with Crippen LogP contribution in [0.25, 0.3) is 10.8 Å². The van der Waals surface area contributed by atoms with Crippen LogP contribution in [0, 0.1) is 6.92 Å². The molecule has 2 aromatic carbocycles. The molecule has 0 fully saturated rings. The number of phenolic OH excluding ortho intramolecular Hbond substituents is 1. The zero-order valence-electron chi connectivity index (χ0n) is 8.95. The van der Waals surface area contributed by atoms with Crippen LogP contribution in [-0.4, -0.2) is 12.2 Å². The quantitative estimate of drug-likeness (QED) is 0.811. The molecule has 1 N–H and O–H groups in total. The highest BCUT2D eigenvalue weighted by molar-refractivity contribution is 5.87. The fourth-order valence-electron chi connectivity index (χ4n) is 1.83. The zero-order valence-corrected chi connectivity index (χ0v) is 8.95. The van der Waals surface area contributed by atoms with Gasteiger partial charge in [0.1, 0.15) is 5.75 Å². The maximum Gasteiger partial charge on any atom is 0.116 e. The van der Waals surface area contributed by atoms with Gasteiger partial charge in [-0.2, -0.15) is 0 Å². The molecule has 0 atom stereocenters. The van der Waals surface area contributed by atoms with Crippen LogP contribution in [0.2, 0.25) is 0 Å². The van der Waals surface area contributed by atoms with Crippen molar-refractivity contribution in [3.8, 4) is 5.75 Å². The first kappa shape index (κ1) is 9.99. The van der Waals surface area contributed by atoms with Crippen molar-refractivity contribution in [2.24, 2.45) is 0 Å². The van der Waals surface area contributed by atoms with Crippen LogP contribution in [0.5, 0.6) is 5.75 Å². The number of aromatic hydroxyl groups is 1. The first-order valence-electron chi connectivity index (χ1n) is 4.92. The smallest absolute Gasteiger partial charge is 0.116 e. The van der Waals surface area contributed by atoms with Gasteiger partial charge >= 0.3 is 0 Å². The number of phenols is 1. The Bertz CT molecular complexity index is 484. The molecule has 0 saturated carbocycles. The third-order valence-electron chi connectivity index (χ3n) is 2.48. The van der Waals surface area contributed by atoms with Gasteiger partial charge in [0.05, 0.1) is 6.61 Å².